The standard InChI is InChI=1S/C10H10INO2/c1-8(13)7-14-12-6-9-2-4-10(11)5-3-9/h2-6H,7H2,1H3/b12-6-. The molecule has 0 bridgehead atoms. The van der Waals surface area contributed by atoms with Gasteiger partial charge in [-0.2, -0.15) is 0 Å². The zero-order chi connectivity index (χ0) is 10.4. The molecule has 0 saturated carbocycles. The van der Waals surface area contributed by atoms with E-state index in [1.165, 1.54) is 10.5 Å². The van der Waals surface area contributed by atoms with E-state index in [1.807, 2.05) is 24.3 Å². The lowest BCUT2D eigenvalue weighted by atomic mass is 10.2. The van der Waals surface area contributed by atoms with Crippen molar-refractivity contribution in [1.82, 2.24) is 0 Å². The van der Waals surface area contributed by atoms with Gasteiger partial charge in [0, 0.05) is 3.57 Å². The summed E-state index contributed by atoms with van der Waals surface area (Å²) < 4.78 is 1.17. The number of oxime groups is 1. The molecule has 0 radical (unpaired) electrons. The highest BCUT2D eigenvalue weighted by Crippen LogP contribution is 2.04. The molecule has 0 atom stereocenters. The Kier molecular flexibility index (Phi) is 4.58. The number of halogens is 1. The zero-order valence-electron chi connectivity index (χ0n) is 7.74. The van der Waals surface area contributed by atoms with E-state index in [0.29, 0.717) is 0 Å². The number of rotatable bonds is 4. The molecule has 0 N–H and O–H groups in total. The monoisotopic (exact) mass is 303 g/mol. The molecule has 0 spiro atoms. The number of hydrogen-bond donors (Lipinski definition) is 0. The van der Waals surface area contributed by atoms with Gasteiger partial charge in [-0.1, -0.05) is 17.3 Å². The smallest absolute Gasteiger partial charge is 0.174 e. The Morgan fingerprint density at radius 1 is 1.50 bits per heavy atom. The molecule has 4 heteroatoms. The summed E-state index contributed by atoms with van der Waals surface area (Å²) in [5, 5.41) is 3.66. The summed E-state index contributed by atoms with van der Waals surface area (Å²) in [6, 6.07) is 7.82. The number of carbonyl (C=O) groups excluding carboxylic acids is 1. The van der Waals surface area contributed by atoms with Crippen molar-refractivity contribution in [2.75, 3.05) is 6.61 Å². The predicted molar refractivity (Wildman–Crippen MR) is 63.4 cm³/mol. The average molecular weight is 303 g/mol. The number of nitrogens with zero attached hydrogens (tertiary/aromatic N) is 1. The molecule has 14 heavy (non-hydrogen) atoms. The van der Waals surface area contributed by atoms with Crippen molar-refractivity contribution < 1.29 is 9.63 Å². The zero-order valence-corrected chi connectivity index (χ0v) is 9.89. The van der Waals surface area contributed by atoms with E-state index in [1.54, 1.807) is 6.21 Å². The van der Waals surface area contributed by atoms with Crippen LogP contribution in [-0.2, 0) is 9.63 Å². The highest BCUT2D eigenvalue weighted by atomic mass is 127. The Bertz CT molecular complexity index is 332. The van der Waals surface area contributed by atoms with Gasteiger partial charge < -0.3 is 4.84 Å². The Labute approximate surface area is 96.3 Å². The SMILES string of the molecule is CC(=O)CO/N=C\c1ccc(I)cc1. The van der Waals surface area contributed by atoms with Gasteiger partial charge in [-0.05, 0) is 47.2 Å². The van der Waals surface area contributed by atoms with Crippen LogP contribution in [0.3, 0.4) is 0 Å². The van der Waals surface area contributed by atoms with Gasteiger partial charge in [0.05, 0.1) is 6.21 Å². The van der Waals surface area contributed by atoms with E-state index in [0.717, 1.165) is 5.56 Å². The van der Waals surface area contributed by atoms with E-state index < -0.39 is 0 Å². The molecule has 0 amide bonds. The molecule has 0 aliphatic rings. The summed E-state index contributed by atoms with van der Waals surface area (Å²) in [4.78, 5) is 15.2. The summed E-state index contributed by atoms with van der Waals surface area (Å²) in [5.41, 5.74) is 0.953. The first-order valence-corrected chi connectivity index (χ1v) is 5.16. The Morgan fingerprint density at radius 2 is 2.14 bits per heavy atom. The van der Waals surface area contributed by atoms with Crippen LogP contribution in [0, 0.1) is 3.57 Å². The highest BCUT2D eigenvalue weighted by molar-refractivity contribution is 14.1. The van der Waals surface area contributed by atoms with Gasteiger partial charge in [-0.15, -0.1) is 0 Å². The van der Waals surface area contributed by atoms with Crippen LogP contribution in [0.4, 0.5) is 0 Å². The fourth-order valence-corrected chi connectivity index (χ4v) is 1.13. The van der Waals surface area contributed by atoms with Crippen molar-refractivity contribution in [1.29, 1.82) is 0 Å². The van der Waals surface area contributed by atoms with Crippen molar-refractivity contribution >= 4 is 34.6 Å². The van der Waals surface area contributed by atoms with Gasteiger partial charge in [0.2, 0.25) is 0 Å². The second-order valence-electron chi connectivity index (χ2n) is 2.76. The van der Waals surface area contributed by atoms with Crippen LogP contribution < -0.4 is 0 Å². The predicted octanol–water partition coefficient (Wildman–Crippen LogP) is 2.23. The lowest BCUT2D eigenvalue weighted by molar-refractivity contribution is -0.121. The largest absolute Gasteiger partial charge is 0.388 e. The molecule has 0 aliphatic carbocycles. The van der Waals surface area contributed by atoms with Crippen molar-refractivity contribution in [3.8, 4) is 0 Å². The maximum absolute atomic E-state index is 10.5. The van der Waals surface area contributed by atoms with E-state index >= 15 is 0 Å². The maximum atomic E-state index is 10.5. The van der Waals surface area contributed by atoms with E-state index in [4.69, 9.17) is 4.84 Å². The van der Waals surface area contributed by atoms with E-state index in [2.05, 4.69) is 27.7 Å². The van der Waals surface area contributed by atoms with E-state index in [-0.39, 0.29) is 12.4 Å². The molecule has 74 valence electrons. The summed E-state index contributed by atoms with van der Waals surface area (Å²) in [7, 11) is 0. The first kappa shape index (κ1) is 11.2. The molecule has 3 nitrogen and oxygen atoms in total. The summed E-state index contributed by atoms with van der Waals surface area (Å²) in [6.07, 6.45) is 1.58. The summed E-state index contributed by atoms with van der Waals surface area (Å²) in [5.74, 6) is -0.0373. The van der Waals surface area contributed by atoms with Crippen LogP contribution in [0.15, 0.2) is 29.4 Å². The maximum Gasteiger partial charge on any atom is 0.174 e. The van der Waals surface area contributed by atoms with Crippen LogP contribution in [-0.4, -0.2) is 18.6 Å². The molecule has 1 aromatic carbocycles. The van der Waals surface area contributed by atoms with Crippen LogP contribution in [0.1, 0.15) is 12.5 Å². The molecule has 0 unspecified atom stereocenters. The molecule has 1 aromatic rings. The summed E-state index contributed by atoms with van der Waals surface area (Å²) in [6.45, 7) is 1.49. The van der Waals surface area contributed by atoms with Crippen molar-refractivity contribution in [3.63, 3.8) is 0 Å². The lowest BCUT2D eigenvalue weighted by Crippen LogP contribution is -1.99. The van der Waals surface area contributed by atoms with Crippen molar-refractivity contribution in [2.45, 2.75) is 6.92 Å². The van der Waals surface area contributed by atoms with Crippen molar-refractivity contribution in [3.05, 3.63) is 33.4 Å². The first-order valence-electron chi connectivity index (χ1n) is 4.09. The minimum atomic E-state index is -0.0373. The van der Waals surface area contributed by atoms with Gasteiger partial charge in [0.25, 0.3) is 0 Å². The minimum Gasteiger partial charge on any atom is -0.388 e. The molecule has 1 rings (SSSR count). The minimum absolute atomic E-state index is 0.0286. The Balaban J connectivity index is 2.44. The van der Waals surface area contributed by atoms with Gasteiger partial charge >= 0.3 is 0 Å². The second kappa shape index (κ2) is 5.74. The number of carbonyl (C=O) groups is 1. The molecule has 0 aliphatic heterocycles. The second-order valence-corrected chi connectivity index (χ2v) is 4.01. The Morgan fingerprint density at radius 3 is 2.71 bits per heavy atom. The van der Waals surface area contributed by atoms with E-state index in [9.17, 15) is 4.79 Å². The highest BCUT2D eigenvalue weighted by Gasteiger charge is 1.90. The molecule has 0 fully saturated rings. The molecule has 0 saturated heterocycles. The van der Waals surface area contributed by atoms with Crippen LogP contribution in [0.25, 0.3) is 0 Å². The molecule has 0 heterocycles. The average Bonchev–Trinajstić information content (AvgIpc) is 2.15. The number of Topliss-reactive ketones (excluding diaryl/α,β-unsaturated/α-hetero) is 1. The topological polar surface area (TPSA) is 38.7 Å². The third-order valence-electron chi connectivity index (χ3n) is 1.41. The van der Waals surface area contributed by atoms with Gasteiger partial charge in [0.15, 0.2) is 12.4 Å². The third kappa shape index (κ3) is 4.36. The number of ketones is 1. The molecular weight excluding hydrogens is 293 g/mol. The van der Waals surface area contributed by atoms with Gasteiger partial charge in [0.1, 0.15) is 0 Å². The first-order chi connectivity index (χ1) is 6.68. The number of hydrogen-bond acceptors (Lipinski definition) is 3. The normalized spacial score (nSPS) is 10.4. The molecular formula is C10H10INO2. The van der Waals surface area contributed by atoms with Crippen LogP contribution >= 0.6 is 22.6 Å². The van der Waals surface area contributed by atoms with Gasteiger partial charge in [-0.3, -0.25) is 4.79 Å². The fraction of sp³-hybridized carbons (Fsp3) is 0.200. The fourth-order valence-electron chi connectivity index (χ4n) is 0.775. The molecule has 0 aromatic heterocycles. The quantitative estimate of drug-likeness (QED) is 0.486. The Hall–Kier alpha value is -0.910. The van der Waals surface area contributed by atoms with Crippen LogP contribution in [0.2, 0.25) is 0 Å². The number of benzene rings is 1. The van der Waals surface area contributed by atoms with Crippen LogP contribution in [0.5, 0.6) is 0 Å². The van der Waals surface area contributed by atoms with Crippen molar-refractivity contribution in [2.24, 2.45) is 5.16 Å². The third-order valence-corrected chi connectivity index (χ3v) is 2.13. The summed E-state index contributed by atoms with van der Waals surface area (Å²) >= 11 is 2.23. The lowest BCUT2D eigenvalue weighted by Gasteiger charge is -1.94. The van der Waals surface area contributed by atoms with Gasteiger partial charge in [-0.25, -0.2) is 0 Å².